The molecule has 3 rings (SSSR count). The van der Waals surface area contributed by atoms with Crippen LogP contribution in [0.25, 0.3) is 0 Å². The minimum atomic E-state index is -0.182. The Balaban J connectivity index is 1.54. The molecule has 7 heteroatoms. The summed E-state index contributed by atoms with van der Waals surface area (Å²) in [6.07, 6.45) is 1.64. The number of aliphatic hydroxyl groups excluding tert-OH is 1. The molecule has 0 unspecified atom stereocenters. The average Bonchev–Trinajstić information content (AvgIpc) is 3.13. The number of aliphatic hydroxyl groups is 1. The smallest absolute Gasteiger partial charge is 0.273 e. The van der Waals surface area contributed by atoms with Crippen LogP contribution in [0.1, 0.15) is 48.9 Å². The van der Waals surface area contributed by atoms with Crippen LogP contribution < -0.4 is 5.32 Å². The van der Waals surface area contributed by atoms with E-state index >= 15 is 0 Å². The summed E-state index contributed by atoms with van der Waals surface area (Å²) < 4.78 is 10.9. The number of carbonyl (C=O) groups is 1. The Labute approximate surface area is 136 Å². The van der Waals surface area contributed by atoms with Crippen molar-refractivity contribution in [3.05, 3.63) is 17.5 Å². The molecular formula is C16H25N3O4. The topological polar surface area (TPSA) is 87.8 Å². The minimum absolute atomic E-state index is 0.0924. The fourth-order valence-corrected chi connectivity index (χ4v) is 3.29. The van der Waals surface area contributed by atoms with Crippen LogP contribution in [0, 0.1) is 0 Å². The largest absolute Gasteiger partial charge is 0.396 e. The van der Waals surface area contributed by atoms with Gasteiger partial charge in [0.2, 0.25) is 0 Å². The van der Waals surface area contributed by atoms with Gasteiger partial charge in [-0.2, -0.15) is 0 Å². The summed E-state index contributed by atoms with van der Waals surface area (Å²) in [7, 11) is 0. The summed E-state index contributed by atoms with van der Waals surface area (Å²) in [6.45, 7) is 6.45. The summed E-state index contributed by atoms with van der Waals surface area (Å²) >= 11 is 0. The first kappa shape index (κ1) is 16.4. The van der Waals surface area contributed by atoms with Crippen molar-refractivity contribution in [1.82, 2.24) is 15.4 Å². The predicted molar refractivity (Wildman–Crippen MR) is 83.3 cm³/mol. The van der Waals surface area contributed by atoms with E-state index in [1.165, 1.54) is 0 Å². The van der Waals surface area contributed by atoms with Gasteiger partial charge in [-0.1, -0.05) is 19.0 Å². The number of amides is 1. The van der Waals surface area contributed by atoms with E-state index in [-0.39, 0.29) is 30.6 Å². The standard InChI is InChI=1S/C16H25N3O4/c1-10(2)15-6-14(18-23-15)16(21)17-11-5-12-9-22-13(3-4-20)8-19(12)7-11/h6,10-13,20H,3-5,7-9H2,1-2H3,(H,17,21)/t11-,12-,13-/m0/s1. The van der Waals surface area contributed by atoms with Gasteiger partial charge in [0.1, 0.15) is 5.76 Å². The number of hydrogen-bond donors (Lipinski definition) is 2. The zero-order valence-corrected chi connectivity index (χ0v) is 13.7. The van der Waals surface area contributed by atoms with E-state index in [2.05, 4.69) is 15.4 Å². The Kier molecular flexibility index (Phi) is 4.99. The van der Waals surface area contributed by atoms with Crippen molar-refractivity contribution >= 4 is 5.91 Å². The normalized spacial score (nSPS) is 28.1. The first-order valence-corrected chi connectivity index (χ1v) is 8.30. The van der Waals surface area contributed by atoms with Crippen molar-refractivity contribution in [2.24, 2.45) is 0 Å². The highest BCUT2D eigenvalue weighted by Gasteiger charge is 2.38. The number of rotatable bonds is 5. The summed E-state index contributed by atoms with van der Waals surface area (Å²) in [6, 6.07) is 2.16. The van der Waals surface area contributed by atoms with Crippen molar-refractivity contribution in [3.8, 4) is 0 Å². The van der Waals surface area contributed by atoms with Gasteiger partial charge in [0.25, 0.3) is 5.91 Å². The Hall–Kier alpha value is -1.44. The highest BCUT2D eigenvalue weighted by Crippen LogP contribution is 2.24. The van der Waals surface area contributed by atoms with E-state index in [0.29, 0.717) is 24.8 Å². The molecular weight excluding hydrogens is 298 g/mol. The lowest BCUT2D eigenvalue weighted by Gasteiger charge is -2.34. The van der Waals surface area contributed by atoms with E-state index in [1.54, 1.807) is 6.07 Å². The molecule has 128 valence electrons. The molecule has 3 atom stereocenters. The fraction of sp³-hybridized carbons (Fsp3) is 0.750. The molecule has 0 saturated carbocycles. The molecule has 0 radical (unpaired) electrons. The summed E-state index contributed by atoms with van der Waals surface area (Å²) in [5, 5.41) is 15.9. The third-order valence-electron chi connectivity index (χ3n) is 4.61. The Morgan fingerprint density at radius 2 is 2.35 bits per heavy atom. The van der Waals surface area contributed by atoms with Gasteiger partial charge in [-0.3, -0.25) is 9.69 Å². The molecule has 3 heterocycles. The zero-order valence-electron chi connectivity index (χ0n) is 13.7. The molecule has 2 aliphatic heterocycles. The lowest BCUT2D eigenvalue weighted by Crippen LogP contribution is -2.46. The van der Waals surface area contributed by atoms with Crippen LogP contribution in [0.2, 0.25) is 0 Å². The van der Waals surface area contributed by atoms with Crippen LogP contribution in [0.5, 0.6) is 0 Å². The molecule has 2 fully saturated rings. The van der Waals surface area contributed by atoms with Gasteiger partial charge in [-0.25, -0.2) is 0 Å². The number of aromatic nitrogens is 1. The van der Waals surface area contributed by atoms with Crippen molar-refractivity contribution < 1.29 is 19.2 Å². The van der Waals surface area contributed by atoms with Crippen molar-refractivity contribution in [2.75, 3.05) is 26.3 Å². The van der Waals surface area contributed by atoms with Crippen LogP contribution in [0.15, 0.2) is 10.6 Å². The second-order valence-corrected chi connectivity index (χ2v) is 6.75. The first-order chi connectivity index (χ1) is 11.1. The highest BCUT2D eigenvalue weighted by molar-refractivity contribution is 5.92. The maximum atomic E-state index is 12.3. The van der Waals surface area contributed by atoms with E-state index in [0.717, 1.165) is 25.3 Å². The molecule has 7 nitrogen and oxygen atoms in total. The van der Waals surface area contributed by atoms with Crippen molar-refractivity contribution in [1.29, 1.82) is 0 Å². The van der Waals surface area contributed by atoms with Gasteiger partial charge in [-0.15, -0.1) is 0 Å². The molecule has 1 aromatic rings. The average molecular weight is 323 g/mol. The van der Waals surface area contributed by atoms with Gasteiger partial charge >= 0.3 is 0 Å². The quantitative estimate of drug-likeness (QED) is 0.831. The fourth-order valence-electron chi connectivity index (χ4n) is 3.29. The molecule has 0 aromatic carbocycles. The van der Waals surface area contributed by atoms with Crippen LogP contribution in [-0.4, -0.2) is 65.6 Å². The van der Waals surface area contributed by atoms with E-state index in [4.69, 9.17) is 14.4 Å². The number of fused-ring (bicyclic) bond motifs is 1. The minimum Gasteiger partial charge on any atom is -0.396 e. The second kappa shape index (κ2) is 6.98. The molecule has 0 bridgehead atoms. The van der Waals surface area contributed by atoms with Crippen LogP contribution in [0.4, 0.5) is 0 Å². The Bertz CT molecular complexity index is 545. The second-order valence-electron chi connectivity index (χ2n) is 6.75. The molecule has 1 aromatic heterocycles. The summed E-state index contributed by atoms with van der Waals surface area (Å²) in [5.74, 6) is 0.752. The van der Waals surface area contributed by atoms with Crippen LogP contribution in [-0.2, 0) is 4.74 Å². The van der Waals surface area contributed by atoms with E-state index < -0.39 is 0 Å². The molecule has 2 saturated heterocycles. The molecule has 2 N–H and O–H groups in total. The number of nitrogens with one attached hydrogen (secondary N) is 1. The van der Waals surface area contributed by atoms with Gasteiger partial charge < -0.3 is 19.7 Å². The summed E-state index contributed by atoms with van der Waals surface area (Å²) in [4.78, 5) is 14.6. The Morgan fingerprint density at radius 1 is 1.52 bits per heavy atom. The van der Waals surface area contributed by atoms with E-state index in [1.807, 2.05) is 13.8 Å². The van der Waals surface area contributed by atoms with E-state index in [9.17, 15) is 4.79 Å². The zero-order chi connectivity index (χ0) is 16.4. The maximum Gasteiger partial charge on any atom is 0.273 e. The summed E-state index contributed by atoms with van der Waals surface area (Å²) in [5.41, 5.74) is 0.341. The maximum absolute atomic E-state index is 12.3. The van der Waals surface area contributed by atoms with Gasteiger partial charge in [-0.05, 0) is 12.8 Å². The Morgan fingerprint density at radius 3 is 3.04 bits per heavy atom. The highest BCUT2D eigenvalue weighted by atomic mass is 16.5. The van der Waals surface area contributed by atoms with Gasteiger partial charge in [0.05, 0.1) is 12.7 Å². The number of hydrogen-bond acceptors (Lipinski definition) is 6. The third-order valence-corrected chi connectivity index (χ3v) is 4.61. The molecule has 1 amide bonds. The predicted octanol–water partition coefficient (Wildman–Crippen LogP) is 0.752. The molecule has 23 heavy (non-hydrogen) atoms. The molecule has 2 aliphatic rings. The number of ether oxygens (including phenoxy) is 1. The van der Waals surface area contributed by atoms with Crippen LogP contribution >= 0.6 is 0 Å². The first-order valence-electron chi connectivity index (χ1n) is 8.30. The number of carbonyl (C=O) groups excluding carboxylic acids is 1. The van der Waals surface area contributed by atoms with Crippen molar-refractivity contribution in [2.45, 2.75) is 50.8 Å². The number of nitrogens with zero attached hydrogens (tertiary/aromatic N) is 2. The molecule has 0 spiro atoms. The molecule has 0 aliphatic carbocycles. The van der Waals surface area contributed by atoms with Crippen LogP contribution in [0.3, 0.4) is 0 Å². The van der Waals surface area contributed by atoms with Gasteiger partial charge in [0, 0.05) is 43.8 Å². The third kappa shape index (κ3) is 3.73. The van der Waals surface area contributed by atoms with Crippen molar-refractivity contribution in [3.63, 3.8) is 0 Å². The lowest BCUT2D eigenvalue weighted by molar-refractivity contribution is -0.0566. The number of morpholine rings is 1. The lowest BCUT2D eigenvalue weighted by atomic mass is 10.1. The van der Waals surface area contributed by atoms with Gasteiger partial charge in [0.15, 0.2) is 5.69 Å². The monoisotopic (exact) mass is 323 g/mol. The SMILES string of the molecule is CC(C)c1cc(C(=O)N[C@H]2C[C@H]3CO[C@@H](CCO)CN3C2)no1.